The van der Waals surface area contributed by atoms with Crippen molar-refractivity contribution in [2.45, 2.75) is 31.2 Å². The van der Waals surface area contributed by atoms with E-state index in [9.17, 15) is 18.0 Å². The van der Waals surface area contributed by atoms with Crippen LogP contribution in [0.4, 0.5) is 18.9 Å². The van der Waals surface area contributed by atoms with Crippen LogP contribution in [0.25, 0.3) is 0 Å². The van der Waals surface area contributed by atoms with E-state index in [1.165, 1.54) is 24.9 Å². The molecule has 0 atom stereocenters. The van der Waals surface area contributed by atoms with E-state index in [0.717, 1.165) is 25.1 Å². The minimum Gasteiger partial charge on any atom is -0.489 e. The molecule has 0 aliphatic heterocycles. The third-order valence-electron chi connectivity index (χ3n) is 3.60. The molecule has 0 bridgehead atoms. The van der Waals surface area contributed by atoms with E-state index in [-0.39, 0.29) is 30.4 Å². The van der Waals surface area contributed by atoms with E-state index < -0.39 is 17.6 Å². The van der Waals surface area contributed by atoms with Gasteiger partial charge in [0.1, 0.15) is 12.4 Å². The molecule has 154 valence electrons. The standard InChI is InChI=1S/C18H22F3N3O3S/c1-3-7-24-8-6-22-17(24)28-12-16(25)23-14-11-13(18(19,20)21)4-5-15(14)27-10-9-26-2/h4-6,8,11H,3,7,9-10,12H2,1-2H3,(H,23,25). The molecule has 0 aliphatic rings. The molecule has 1 heterocycles. The van der Waals surface area contributed by atoms with E-state index in [2.05, 4.69) is 10.3 Å². The van der Waals surface area contributed by atoms with Crippen LogP contribution in [0.2, 0.25) is 0 Å². The Hall–Kier alpha value is -2.20. The number of ether oxygens (including phenoxy) is 2. The van der Waals surface area contributed by atoms with Crippen LogP contribution in [0.15, 0.2) is 35.7 Å². The third kappa shape index (κ3) is 6.45. The Labute approximate surface area is 165 Å². The molecule has 0 unspecified atom stereocenters. The molecule has 1 amide bonds. The normalized spacial score (nSPS) is 11.5. The second-order valence-electron chi connectivity index (χ2n) is 5.79. The fourth-order valence-electron chi connectivity index (χ4n) is 2.33. The maximum absolute atomic E-state index is 13.0. The fourth-order valence-corrected chi connectivity index (χ4v) is 3.11. The topological polar surface area (TPSA) is 65.4 Å². The molecule has 10 heteroatoms. The lowest BCUT2D eigenvalue weighted by molar-refractivity contribution is -0.137. The number of nitrogens with zero attached hydrogens (tertiary/aromatic N) is 2. The number of benzene rings is 1. The average molecular weight is 417 g/mol. The summed E-state index contributed by atoms with van der Waals surface area (Å²) in [6, 6.07) is 2.96. The van der Waals surface area contributed by atoms with E-state index in [1.54, 1.807) is 6.20 Å². The number of nitrogens with one attached hydrogen (secondary N) is 1. The number of halogens is 3. The van der Waals surface area contributed by atoms with Gasteiger partial charge in [-0.2, -0.15) is 13.2 Å². The van der Waals surface area contributed by atoms with Gasteiger partial charge in [0.15, 0.2) is 5.16 Å². The van der Waals surface area contributed by atoms with Crippen molar-refractivity contribution in [2.24, 2.45) is 0 Å². The molecule has 1 N–H and O–H groups in total. The Balaban J connectivity index is 2.08. The van der Waals surface area contributed by atoms with Crippen LogP contribution in [0.1, 0.15) is 18.9 Å². The first-order chi connectivity index (χ1) is 13.3. The van der Waals surface area contributed by atoms with Gasteiger partial charge < -0.3 is 19.4 Å². The minimum atomic E-state index is -4.52. The first kappa shape index (κ1) is 22.1. The summed E-state index contributed by atoms with van der Waals surface area (Å²) >= 11 is 1.21. The number of hydrogen-bond donors (Lipinski definition) is 1. The van der Waals surface area contributed by atoms with E-state index in [4.69, 9.17) is 9.47 Å². The van der Waals surface area contributed by atoms with Crippen LogP contribution in [0, 0.1) is 0 Å². The average Bonchev–Trinajstić information content (AvgIpc) is 3.08. The van der Waals surface area contributed by atoms with Gasteiger partial charge in [-0.05, 0) is 24.6 Å². The quantitative estimate of drug-likeness (QED) is 0.466. The molecule has 2 aromatic rings. The van der Waals surface area contributed by atoms with Gasteiger partial charge >= 0.3 is 6.18 Å². The summed E-state index contributed by atoms with van der Waals surface area (Å²) < 4.78 is 51.2. The number of carbonyl (C=O) groups is 1. The number of carbonyl (C=O) groups excluding carboxylic acids is 1. The number of anilines is 1. The van der Waals surface area contributed by atoms with Crippen molar-refractivity contribution in [1.29, 1.82) is 0 Å². The lowest BCUT2D eigenvalue weighted by Gasteiger charge is -2.15. The highest BCUT2D eigenvalue weighted by Gasteiger charge is 2.31. The number of hydrogen-bond acceptors (Lipinski definition) is 5. The molecule has 0 fully saturated rings. The Kier molecular flexibility index (Phi) is 8.18. The predicted octanol–water partition coefficient (Wildman–Crippen LogP) is 4.07. The van der Waals surface area contributed by atoms with Gasteiger partial charge in [-0.15, -0.1) is 0 Å². The van der Waals surface area contributed by atoms with E-state index in [0.29, 0.717) is 5.16 Å². The molecular formula is C18H22F3N3O3S. The molecule has 2 rings (SSSR count). The van der Waals surface area contributed by atoms with Gasteiger partial charge in [0.05, 0.1) is 23.6 Å². The zero-order valence-corrected chi connectivity index (χ0v) is 16.4. The van der Waals surface area contributed by atoms with Crippen LogP contribution in [0.5, 0.6) is 5.75 Å². The van der Waals surface area contributed by atoms with Crippen LogP contribution < -0.4 is 10.1 Å². The Morgan fingerprint density at radius 2 is 2.11 bits per heavy atom. The second kappa shape index (κ2) is 10.4. The number of methoxy groups -OCH3 is 1. The number of aromatic nitrogens is 2. The number of imidazole rings is 1. The zero-order valence-electron chi connectivity index (χ0n) is 15.6. The molecule has 0 saturated heterocycles. The molecule has 28 heavy (non-hydrogen) atoms. The van der Waals surface area contributed by atoms with Gasteiger partial charge in [-0.3, -0.25) is 4.79 Å². The van der Waals surface area contributed by atoms with Crippen molar-refractivity contribution in [3.05, 3.63) is 36.2 Å². The van der Waals surface area contributed by atoms with Gasteiger partial charge in [0, 0.05) is 26.0 Å². The minimum absolute atomic E-state index is 0.00842. The second-order valence-corrected chi connectivity index (χ2v) is 6.73. The number of alkyl halides is 3. The summed E-state index contributed by atoms with van der Waals surface area (Å²) in [5.74, 6) is -0.295. The largest absolute Gasteiger partial charge is 0.489 e. The Bertz CT molecular complexity index is 781. The van der Waals surface area contributed by atoms with Crippen molar-refractivity contribution in [3.8, 4) is 5.75 Å². The number of aryl methyl sites for hydroxylation is 1. The molecule has 1 aromatic carbocycles. The summed E-state index contributed by atoms with van der Waals surface area (Å²) in [7, 11) is 1.48. The van der Waals surface area contributed by atoms with Crippen molar-refractivity contribution in [3.63, 3.8) is 0 Å². The van der Waals surface area contributed by atoms with Crippen LogP contribution in [0.3, 0.4) is 0 Å². The highest BCUT2D eigenvalue weighted by molar-refractivity contribution is 7.99. The van der Waals surface area contributed by atoms with E-state index in [1.807, 2.05) is 17.7 Å². The molecule has 0 aliphatic carbocycles. The van der Waals surface area contributed by atoms with Crippen LogP contribution in [-0.4, -0.2) is 41.5 Å². The molecule has 6 nitrogen and oxygen atoms in total. The predicted molar refractivity (Wildman–Crippen MR) is 101 cm³/mol. The first-order valence-electron chi connectivity index (χ1n) is 8.62. The Morgan fingerprint density at radius 3 is 2.79 bits per heavy atom. The lowest BCUT2D eigenvalue weighted by Crippen LogP contribution is -2.17. The summed E-state index contributed by atoms with van der Waals surface area (Å²) in [6.45, 7) is 3.22. The Morgan fingerprint density at radius 1 is 1.32 bits per heavy atom. The van der Waals surface area contributed by atoms with Gasteiger partial charge in [0.2, 0.25) is 5.91 Å². The van der Waals surface area contributed by atoms with Crippen molar-refractivity contribution in [2.75, 3.05) is 31.4 Å². The van der Waals surface area contributed by atoms with Crippen LogP contribution >= 0.6 is 11.8 Å². The van der Waals surface area contributed by atoms with Crippen molar-refractivity contribution >= 4 is 23.4 Å². The summed E-state index contributed by atoms with van der Waals surface area (Å²) in [5, 5.41) is 3.18. The number of rotatable bonds is 10. The lowest BCUT2D eigenvalue weighted by atomic mass is 10.1. The van der Waals surface area contributed by atoms with Crippen molar-refractivity contribution < 1.29 is 27.4 Å². The molecule has 0 radical (unpaired) electrons. The summed E-state index contributed by atoms with van der Waals surface area (Å²) in [6.07, 6.45) is -0.143. The smallest absolute Gasteiger partial charge is 0.416 e. The summed E-state index contributed by atoms with van der Waals surface area (Å²) in [5.41, 5.74) is -0.901. The highest BCUT2D eigenvalue weighted by Crippen LogP contribution is 2.35. The van der Waals surface area contributed by atoms with Crippen LogP contribution in [-0.2, 0) is 22.3 Å². The molecule has 0 saturated carbocycles. The molecule has 1 aromatic heterocycles. The van der Waals surface area contributed by atoms with Gasteiger partial charge in [-0.25, -0.2) is 4.98 Å². The molecular weight excluding hydrogens is 395 g/mol. The number of thioether (sulfide) groups is 1. The zero-order chi connectivity index (χ0) is 20.6. The fraction of sp³-hybridized carbons (Fsp3) is 0.444. The first-order valence-corrected chi connectivity index (χ1v) is 9.60. The molecule has 0 spiro atoms. The maximum Gasteiger partial charge on any atom is 0.416 e. The maximum atomic E-state index is 13.0. The SMILES string of the molecule is CCCn1ccnc1SCC(=O)Nc1cc(C(F)(F)F)ccc1OCCOC. The number of amides is 1. The van der Waals surface area contributed by atoms with Crippen molar-refractivity contribution in [1.82, 2.24) is 9.55 Å². The monoisotopic (exact) mass is 417 g/mol. The highest BCUT2D eigenvalue weighted by atomic mass is 32.2. The van der Waals surface area contributed by atoms with Gasteiger partial charge in [0.25, 0.3) is 0 Å². The third-order valence-corrected chi connectivity index (χ3v) is 4.60. The van der Waals surface area contributed by atoms with Gasteiger partial charge in [-0.1, -0.05) is 18.7 Å². The van der Waals surface area contributed by atoms with E-state index >= 15 is 0 Å². The summed E-state index contributed by atoms with van der Waals surface area (Å²) in [4.78, 5) is 16.5.